The fourth-order valence-corrected chi connectivity index (χ4v) is 11.8. The van der Waals surface area contributed by atoms with E-state index >= 15 is 0 Å². The highest BCUT2D eigenvalue weighted by molar-refractivity contribution is 6.26. The largest absolute Gasteiger partial charge is 0.456 e. The summed E-state index contributed by atoms with van der Waals surface area (Å²) in [4.78, 5) is 2.39. The Bertz CT molecular complexity index is 4570. The molecular weight excluding hydrogens is 909 g/mol. The van der Waals surface area contributed by atoms with Gasteiger partial charge < -0.3 is 13.9 Å². The molecular formula is C72H46N2O. The van der Waals surface area contributed by atoms with Crippen LogP contribution in [0.4, 0.5) is 17.1 Å². The number of para-hydroxylation sites is 3. The van der Waals surface area contributed by atoms with E-state index in [0.29, 0.717) is 0 Å². The van der Waals surface area contributed by atoms with Crippen LogP contribution in [0, 0.1) is 0 Å². The molecule has 0 aliphatic carbocycles. The van der Waals surface area contributed by atoms with E-state index in [1.54, 1.807) is 0 Å². The number of aromatic nitrogens is 1. The monoisotopic (exact) mass is 954 g/mol. The Labute approximate surface area is 434 Å². The second-order valence-electron chi connectivity index (χ2n) is 19.6. The van der Waals surface area contributed by atoms with Crippen LogP contribution in [-0.4, -0.2) is 4.57 Å². The number of benzene rings is 13. The van der Waals surface area contributed by atoms with E-state index in [1.165, 1.54) is 81.9 Å². The van der Waals surface area contributed by atoms with E-state index in [0.717, 1.165) is 61.4 Å². The lowest BCUT2D eigenvalue weighted by atomic mass is 9.94. The molecule has 0 aliphatic heterocycles. The third-order valence-electron chi connectivity index (χ3n) is 15.4. The lowest BCUT2D eigenvalue weighted by molar-refractivity contribution is 0.669. The minimum atomic E-state index is 0.907. The molecule has 2 aromatic heterocycles. The van der Waals surface area contributed by atoms with Gasteiger partial charge in [0.25, 0.3) is 0 Å². The highest BCUT2D eigenvalue weighted by Crippen LogP contribution is 2.43. The van der Waals surface area contributed by atoms with Crippen LogP contribution in [0.25, 0.3) is 126 Å². The Morgan fingerprint density at radius 2 is 0.627 bits per heavy atom. The summed E-state index contributed by atoms with van der Waals surface area (Å²) < 4.78 is 8.59. The molecule has 3 nitrogen and oxygen atoms in total. The standard InChI is InChI=1S/C72H46N2O/c1-2-14-61-59(12-1)60-13-3-4-15-62(60)67-46-57(44-45-63(61)67)73(55-40-34-51(35-41-55)49-28-30-53(31-29-49)58-19-11-23-71-72(58)66-18-7-10-22-70(66)75-71)54-38-32-50(33-39-54)47-24-26-48(27-25-47)52-36-42-56(43-37-52)74-68-20-8-5-16-64(68)65-17-6-9-21-69(65)74/h1-46H. The van der Waals surface area contributed by atoms with E-state index in [1.807, 2.05) is 12.1 Å². The zero-order valence-electron chi connectivity index (χ0n) is 40.9. The van der Waals surface area contributed by atoms with E-state index in [-0.39, 0.29) is 0 Å². The van der Waals surface area contributed by atoms with Gasteiger partial charge in [0, 0.05) is 44.3 Å². The molecule has 0 saturated carbocycles. The fraction of sp³-hybridized carbons (Fsp3) is 0. The highest BCUT2D eigenvalue weighted by atomic mass is 16.3. The van der Waals surface area contributed by atoms with Crippen LogP contribution in [0.2, 0.25) is 0 Å². The molecule has 3 heteroatoms. The lowest BCUT2D eigenvalue weighted by Crippen LogP contribution is -2.10. The number of hydrogen-bond donors (Lipinski definition) is 0. The maximum Gasteiger partial charge on any atom is 0.136 e. The van der Waals surface area contributed by atoms with Crippen molar-refractivity contribution in [2.75, 3.05) is 4.90 Å². The van der Waals surface area contributed by atoms with Gasteiger partial charge in [-0.2, -0.15) is 0 Å². The van der Waals surface area contributed by atoms with Gasteiger partial charge in [-0.1, -0.05) is 206 Å². The average Bonchev–Trinajstić information content (AvgIpc) is 4.05. The van der Waals surface area contributed by atoms with Crippen molar-refractivity contribution in [1.29, 1.82) is 0 Å². The predicted molar refractivity (Wildman–Crippen MR) is 317 cm³/mol. The summed E-state index contributed by atoms with van der Waals surface area (Å²) in [6, 6.07) is 101. The molecule has 15 aromatic rings. The van der Waals surface area contributed by atoms with E-state index < -0.39 is 0 Å². The van der Waals surface area contributed by atoms with Crippen LogP contribution >= 0.6 is 0 Å². The van der Waals surface area contributed by atoms with Gasteiger partial charge >= 0.3 is 0 Å². The second-order valence-corrected chi connectivity index (χ2v) is 19.6. The van der Waals surface area contributed by atoms with Crippen LogP contribution in [-0.2, 0) is 0 Å². The molecule has 13 aromatic carbocycles. The van der Waals surface area contributed by atoms with Gasteiger partial charge in [0.15, 0.2) is 0 Å². The molecule has 2 heterocycles. The summed E-state index contributed by atoms with van der Waals surface area (Å²) in [5.41, 5.74) is 18.0. The van der Waals surface area contributed by atoms with Crippen molar-refractivity contribution >= 4 is 93.1 Å². The van der Waals surface area contributed by atoms with E-state index in [2.05, 4.69) is 276 Å². The molecule has 350 valence electrons. The second kappa shape index (κ2) is 17.4. The zero-order chi connectivity index (χ0) is 49.4. The number of rotatable bonds is 8. The molecule has 75 heavy (non-hydrogen) atoms. The quantitative estimate of drug-likeness (QED) is 0.142. The van der Waals surface area contributed by atoms with Crippen molar-refractivity contribution in [3.8, 4) is 50.2 Å². The Hall–Kier alpha value is -9.96. The first-order valence-corrected chi connectivity index (χ1v) is 25.7. The molecule has 0 radical (unpaired) electrons. The van der Waals surface area contributed by atoms with Gasteiger partial charge in [0.2, 0.25) is 0 Å². The maximum atomic E-state index is 6.23. The van der Waals surface area contributed by atoms with Crippen LogP contribution in [0.5, 0.6) is 0 Å². The van der Waals surface area contributed by atoms with Crippen molar-refractivity contribution in [2.45, 2.75) is 0 Å². The predicted octanol–water partition coefficient (Wildman–Crippen LogP) is 20.3. The minimum absolute atomic E-state index is 0.907. The fourth-order valence-electron chi connectivity index (χ4n) is 11.8. The number of furan rings is 1. The third kappa shape index (κ3) is 7.12. The maximum absolute atomic E-state index is 6.23. The van der Waals surface area contributed by atoms with E-state index in [4.69, 9.17) is 4.42 Å². The topological polar surface area (TPSA) is 21.3 Å². The first-order valence-electron chi connectivity index (χ1n) is 25.7. The van der Waals surface area contributed by atoms with Crippen molar-refractivity contribution < 1.29 is 4.42 Å². The van der Waals surface area contributed by atoms with Crippen LogP contribution in [0.1, 0.15) is 0 Å². The molecule has 0 spiro atoms. The van der Waals surface area contributed by atoms with Gasteiger partial charge in [0.05, 0.1) is 11.0 Å². The summed E-state index contributed by atoms with van der Waals surface area (Å²) in [6.07, 6.45) is 0. The molecule has 0 amide bonds. The summed E-state index contributed by atoms with van der Waals surface area (Å²) >= 11 is 0. The summed E-state index contributed by atoms with van der Waals surface area (Å²) in [7, 11) is 0. The minimum Gasteiger partial charge on any atom is -0.456 e. The molecule has 0 aliphatic rings. The Morgan fingerprint density at radius 1 is 0.253 bits per heavy atom. The molecule has 0 bridgehead atoms. The van der Waals surface area contributed by atoms with Crippen molar-refractivity contribution in [2.24, 2.45) is 0 Å². The first kappa shape index (κ1) is 42.7. The van der Waals surface area contributed by atoms with Gasteiger partial charge in [-0.15, -0.1) is 0 Å². The lowest BCUT2D eigenvalue weighted by Gasteiger charge is -2.27. The van der Waals surface area contributed by atoms with Gasteiger partial charge in [-0.3, -0.25) is 0 Å². The molecule has 0 atom stereocenters. The SMILES string of the molecule is c1ccc2c(c1)oc1cccc(-c3ccc(-c4ccc(N(c5ccc(-c6ccc(-c7ccc(-n8c9ccccc9c9ccccc98)cc7)cc6)cc5)c5ccc6c7ccccc7c7ccccc7c6c5)cc4)cc3)c12. The Morgan fingerprint density at radius 3 is 1.15 bits per heavy atom. The smallest absolute Gasteiger partial charge is 0.136 e. The Balaban J connectivity index is 0.761. The molecule has 0 unspecified atom stereocenters. The first-order chi connectivity index (χ1) is 37.2. The average molecular weight is 955 g/mol. The van der Waals surface area contributed by atoms with Gasteiger partial charge in [-0.05, 0) is 150 Å². The number of fused-ring (bicyclic) bond motifs is 12. The van der Waals surface area contributed by atoms with Crippen molar-refractivity contribution in [3.05, 3.63) is 279 Å². The molecule has 0 N–H and O–H groups in total. The van der Waals surface area contributed by atoms with Crippen molar-refractivity contribution in [1.82, 2.24) is 4.57 Å². The number of hydrogen-bond acceptors (Lipinski definition) is 2. The highest BCUT2D eigenvalue weighted by Gasteiger charge is 2.18. The Kier molecular flexibility index (Phi) is 9.89. The number of nitrogens with zero attached hydrogens (tertiary/aromatic N) is 2. The zero-order valence-corrected chi connectivity index (χ0v) is 40.9. The van der Waals surface area contributed by atoms with Crippen LogP contribution < -0.4 is 4.90 Å². The molecule has 0 saturated heterocycles. The third-order valence-corrected chi connectivity index (χ3v) is 15.4. The summed E-state index contributed by atoms with van der Waals surface area (Å²) in [5, 5.41) is 12.4. The van der Waals surface area contributed by atoms with Crippen molar-refractivity contribution in [3.63, 3.8) is 0 Å². The van der Waals surface area contributed by atoms with Gasteiger partial charge in [0.1, 0.15) is 11.2 Å². The molecule has 0 fully saturated rings. The number of anilines is 3. The van der Waals surface area contributed by atoms with Crippen LogP contribution in [0.3, 0.4) is 0 Å². The summed E-state index contributed by atoms with van der Waals surface area (Å²) in [5.74, 6) is 0. The van der Waals surface area contributed by atoms with E-state index in [9.17, 15) is 0 Å². The normalized spacial score (nSPS) is 11.7. The van der Waals surface area contributed by atoms with Crippen LogP contribution in [0.15, 0.2) is 283 Å². The molecule has 15 rings (SSSR count). The van der Waals surface area contributed by atoms with Gasteiger partial charge in [-0.25, -0.2) is 0 Å². The summed E-state index contributed by atoms with van der Waals surface area (Å²) in [6.45, 7) is 0.